The summed E-state index contributed by atoms with van der Waals surface area (Å²) in [5.74, 6) is 0.854. The van der Waals surface area contributed by atoms with Gasteiger partial charge in [-0.05, 0) is 18.6 Å². The van der Waals surface area contributed by atoms with Gasteiger partial charge >= 0.3 is 0 Å². The Kier molecular flexibility index (Phi) is 4.04. The monoisotopic (exact) mass is 112 g/mol. The topological polar surface area (TPSA) is 9.23 Å². The van der Waals surface area contributed by atoms with Gasteiger partial charge in [-0.15, -0.1) is 0 Å². The Morgan fingerprint density at radius 3 is 2.50 bits per heavy atom. The lowest BCUT2D eigenvalue weighted by atomic mass is 10.4. The highest BCUT2D eigenvalue weighted by Crippen LogP contribution is 1.96. The Balaban J connectivity index is 3.66. The lowest BCUT2D eigenvalue weighted by molar-refractivity contribution is 0.305. The van der Waals surface area contributed by atoms with Crippen LogP contribution in [0, 0.1) is 0 Å². The molecule has 0 radical (unpaired) electrons. The van der Waals surface area contributed by atoms with Crippen molar-refractivity contribution in [2.24, 2.45) is 0 Å². The molecule has 0 heterocycles. The molecule has 0 unspecified atom stereocenters. The van der Waals surface area contributed by atoms with Gasteiger partial charge < -0.3 is 4.74 Å². The van der Waals surface area contributed by atoms with Crippen LogP contribution in [0.2, 0.25) is 0 Å². The highest BCUT2D eigenvalue weighted by molar-refractivity contribution is 5.07. The summed E-state index contributed by atoms with van der Waals surface area (Å²) >= 11 is 0. The van der Waals surface area contributed by atoms with E-state index in [0.29, 0.717) is 0 Å². The van der Waals surface area contributed by atoms with E-state index >= 15 is 0 Å². The second kappa shape index (κ2) is 4.44. The standard InChI is InChI=1S/C7H12O/c1-4-6-7(5-2)8-3/h5-6H,2,4H2,1,3H3/b7-6+. The minimum Gasteiger partial charge on any atom is -0.497 e. The SMILES string of the molecule is C=C/C(=C\CC)OC. The van der Waals surface area contributed by atoms with Crippen molar-refractivity contribution in [3.63, 3.8) is 0 Å². The maximum Gasteiger partial charge on any atom is 0.114 e. The van der Waals surface area contributed by atoms with E-state index in [0.717, 1.165) is 12.2 Å². The van der Waals surface area contributed by atoms with Gasteiger partial charge in [0.2, 0.25) is 0 Å². The van der Waals surface area contributed by atoms with Gasteiger partial charge in [0.25, 0.3) is 0 Å². The van der Waals surface area contributed by atoms with Crippen molar-refractivity contribution in [3.8, 4) is 0 Å². The molecule has 8 heavy (non-hydrogen) atoms. The second-order valence-corrected chi connectivity index (χ2v) is 1.42. The van der Waals surface area contributed by atoms with Crippen LogP contribution in [0.1, 0.15) is 13.3 Å². The molecule has 0 aromatic rings. The van der Waals surface area contributed by atoms with E-state index in [1.807, 2.05) is 6.08 Å². The van der Waals surface area contributed by atoms with Crippen molar-refractivity contribution in [1.29, 1.82) is 0 Å². The van der Waals surface area contributed by atoms with Gasteiger partial charge in [0.05, 0.1) is 7.11 Å². The first kappa shape index (κ1) is 7.28. The van der Waals surface area contributed by atoms with Crippen molar-refractivity contribution in [2.75, 3.05) is 7.11 Å². The molecule has 0 aliphatic carbocycles. The molecular formula is C7H12O. The average Bonchev–Trinajstić information content (AvgIpc) is 1.83. The van der Waals surface area contributed by atoms with E-state index in [2.05, 4.69) is 13.5 Å². The molecule has 0 atom stereocenters. The molecule has 0 bridgehead atoms. The molecule has 0 aliphatic heterocycles. The van der Waals surface area contributed by atoms with Crippen molar-refractivity contribution in [2.45, 2.75) is 13.3 Å². The molecule has 0 aliphatic rings. The van der Waals surface area contributed by atoms with Crippen LogP contribution in [-0.4, -0.2) is 7.11 Å². The minimum absolute atomic E-state index is 0.854. The smallest absolute Gasteiger partial charge is 0.114 e. The number of hydrogen-bond donors (Lipinski definition) is 0. The molecule has 0 spiro atoms. The van der Waals surface area contributed by atoms with Crippen LogP contribution in [0.5, 0.6) is 0 Å². The Morgan fingerprint density at radius 2 is 2.38 bits per heavy atom. The Bertz CT molecular complexity index is 92.6. The van der Waals surface area contributed by atoms with Gasteiger partial charge in [0.1, 0.15) is 5.76 Å². The third-order valence-corrected chi connectivity index (χ3v) is 0.842. The summed E-state index contributed by atoms with van der Waals surface area (Å²) in [6, 6.07) is 0. The molecule has 46 valence electrons. The number of rotatable bonds is 3. The molecule has 0 aromatic carbocycles. The van der Waals surface area contributed by atoms with E-state index in [9.17, 15) is 0 Å². The first-order valence-corrected chi connectivity index (χ1v) is 2.71. The molecular weight excluding hydrogens is 100 g/mol. The third-order valence-electron chi connectivity index (χ3n) is 0.842. The lowest BCUT2D eigenvalue weighted by Gasteiger charge is -1.95. The second-order valence-electron chi connectivity index (χ2n) is 1.42. The van der Waals surface area contributed by atoms with Crippen molar-refractivity contribution in [1.82, 2.24) is 0 Å². The van der Waals surface area contributed by atoms with Gasteiger partial charge in [-0.1, -0.05) is 13.5 Å². The summed E-state index contributed by atoms with van der Waals surface area (Å²) in [5, 5.41) is 0. The fourth-order valence-corrected chi connectivity index (χ4v) is 0.451. The summed E-state index contributed by atoms with van der Waals surface area (Å²) in [5.41, 5.74) is 0. The van der Waals surface area contributed by atoms with Crippen LogP contribution in [0.15, 0.2) is 24.5 Å². The fourth-order valence-electron chi connectivity index (χ4n) is 0.451. The first-order valence-electron chi connectivity index (χ1n) is 2.71. The van der Waals surface area contributed by atoms with Crippen molar-refractivity contribution < 1.29 is 4.74 Å². The van der Waals surface area contributed by atoms with Crippen molar-refractivity contribution >= 4 is 0 Å². The Hall–Kier alpha value is -0.720. The number of hydrogen-bond acceptors (Lipinski definition) is 1. The highest BCUT2D eigenvalue weighted by Gasteiger charge is 1.80. The maximum atomic E-state index is 4.88. The molecule has 0 aromatic heterocycles. The third kappa shape index (κ3) is 2.45. The zero-order chi connectivity index (χ0) is 6.41. The minimum atomic E-state index is 0.854. The van der Waals surface area contributed by atoms with Gasteiger partial charge in [0, 0.05) is 0 Å². The van der Waals surface area contributed by atoms with Crippen LogP contribution < -0.4 is 0 Å². The van der Waals surface area contributed by atoms with Crippen LogP contribution in [0.3, 0.4) is 0 Å². The summed E-state index contributed by atoms with van der Waals surface area (Å²) in [4.78, 5) is 0. The fraction of sp³-hybridized carbons (Fsp3) is 0.429. The molecule has 1 heteroatoms. The molecule has 0 N–H and O–H groups in total. The van der Waals surface area contributed by atoms with Crippen LogP contribution in [-0.2, 0) is 4.74 Å². The Morgan fingerprint density at radius 1 is 1.75 bits per heavy atom. The zero-order valence-electron chi connectivity index (χ0n) is 5.48. The first-order chi connectivity index (χ1) is 3.85. The van der Waals surface area contributed by atoms with Gasteiger partial charge in [-0.25, -0.2) is 0 Å². The molecule has 0 amide bonds. The predicted octanol–water partition coefficient (Wildman–Crippen LogP) is 2.11. The lowest BCUT2D eigenvalue weighted by Crippen LogP contribution is -1.78. The molecule has 1 nitrogen and oxygen atoms in total. The van der Waals surface area contributed by atoms with Gasteiger partial charge in [-0.3, -0.25) is 0 Å². The van der Waals surface area contributed by atoms with Crippen LogP contribution in [0.25, 0.3) is 0 Å². The Labute approximate surface area is 50.7 Å². The predicted molar refractivity (Wildman–Crippen MR) is 35.6 cm³/mol. The zero-order valence-corrected chi connectivity index (χ0v) is 5.48. The summed E-state index contributed by atoms with van der Waals surface area (Å²) < 4.78 is 4.88. The van der Waals surface area contributed by atoms with Crippen LogP contribution in [0.4, 0.5) is 0 Å². The summed E-state index contributed by atoms with van der Waals surface area (Å²) in [6.07, 6.45) is 4.67. The van der Waals surface area contributed by atoms with Crippen LogP contribution >= 0.6 is 0 Å². The molecule has 0 rings (SSSR count). The number of ether oxygens (including phenoxy) is 1. The average molecular weight is 112 g/mol. The quantitative estimate of drug-likeness (QED) is 0.401. The summed E-state index contributed by atoms with van der Waals surface area (Å²) in [7, 11) is 1.64. The highest BCUT2D eigenvalue weighted by atomic mass is 16.5. The molecule has 0 saturated heterocycles. The van der Waals surface area contributed by atoms with Crippen molar-refractivity contribution in [3.05, 3.63) is 24.5 Å². The molecule has 0 fully saturated rings. The van der Waals surface area contributed by atoms with E-state index in [4.69, 9.17) is 4.74 Å². The number of allylic oxidation sites excluding steroid dienone is 2. The number of methoxy groups -OCH3 is 1. The molecule has 0 saturated carbocycles. The van der Waals surface area contributed by atoms with E-state index in [-0.39, 0.29) is 0 Å². The largest absolute Gasteiger partial charge is 0.497 e. The van der Waals surface area contributed by atoms with E-state index in [1.54, 1.807) is 13.2 Å². The maximum absolute atomic E-state index is 4.88. The normalized spacial score (nSPS) is 11.0. The van der Waals surface area contributed by atoms with Gasteiger partial charge in [0.15, 0.2) is 0 Å². The van der Waals surface area contributed by atoms with E-state index in [1.165, 1.54) is 0 Å². The summed E-state index contributed by atoms with van der Waals surface area (Å²) in [6.45, 7) is 5.62. The van der Waals surface area contributed by atoms with E-state index < -0.39 is 0 Å². The van der Waals surface area contributed by atoms with Gasteiger partial charge in [-0.2, -0.15) is 0 Å².